The van der Waals surface area contributed by atoms with E-state index in [4.69, 9.17) is 0 Å². The van der Waals surface area contributed by atoms with E-state index in [0.29, 0.717) is 5.92 Å². The van der Waals surface area contributed by atoms with Crippen LogP contribution in [0.4, 0.5) is 5.69 Å². The molecule has 0 aliphatic heterocycles. The van der Waals surface area contributed by atoms with Gasteiger partial charge in [-0.3, -0.25) is 4.79 Å². The van der Waals surface area contributed by atoms with Crippen LogP contribution in [0.2, 0.25) is 0 Å². The number of nitrogens with one attached hydrogen (secondary N) is 1. The summed E-state index contributed by atoms with van der Waals surface area (Å²) in [5.41, 5.74) is 7.02. The first-order valence-electron chi connectivity index (χ1n) is 10.2. The second kappa shape index (κ2) is 8.11. The highest BCUT2D eigenvalue weighted by Gasteiger charge is 2.16. The van der Waals surface area contributed by atoms with Crippen LogP contribution in [-0.4, -0.2) is 20.7 Å². The average molecular weight is 399 g/mol. The van der Waals surface area contributed by atoms with Crippen molar-refractivity contribution in [1.29, 1.82) is 0 Å². The van der Waals surface area contributed by atoms with Crippen molar-refractivity contribution in [2.75, 3.05) is 5.32 Å². The summed E-state index contributed by atoms with van der Waals surface area (Å²) in [5, 5.41) is 8.55. The third kappa shape index (κ3) is 3.96. The van der Waals surface area contributed by atoms with Crippen LogP contribution in [0.25, 0.3) is 22.2 Å². The van der Waals surface area contributed by atoms with Gasteiger partial charge in [-0.1, -0.05) is 55.8 Å². The first-order valence-corrected chi connectivity index (χ1v) is 10.2. The Labute approximate surface area is 176 Å². The van der Waals surface area contributed by atoms with Crippen LogP contribution in [0, 0.1) is 13.8 Å². The third-order valence-corrected chi connectivity index (χ3v) is 5.29. The molecule has 5 heteroatoms. The summed E-state index contributed by atoms with van der Waals surface area (Å²) in [6, 6.07) is 18.3. The van der Waals surface area contributed by atoms with Crippen molar-refractivity contribution < 1.29 is 4.79 Å². The molecule has 2 aromatic carbocycles. The van der Waals surface area contributed by atoms with Crippen LogP contribution in [-0.2, 0) is 11.3 Å². The second-order valence-electron chi connectivity index (χ2n) is 7.99. The van der Waals surface area contributed by atoms with E-state index >= 15 is 0 Å². The first kappa shape index (κ1) is 19.8. The highest BCUT2D eigenvalue weighted by atomic mass is 16.2. The van der Waals surface area contributed by atoms with Crippen LogP contribution in [0.15, 0.2) is 60.8 Å². The number of rotatable bonds is 5. The number of hydrogen-bond donors (Lipinski definition) is 1. The van der Waals surface area contributed by atoms with E-state index in [0.717, 1.165) is 33.5 Å². The van der Waals surface area contributed by atoms with Gasteiger partial charge in [-0.25, -0.2) is 9.67 Å². The van der Waals surface area contributed by atoms with Gasteiger partial charge in [-0.05, 0) is 54.7 Å². The molecule has 0 atom stereocenters. The Morgan fingerprint density at radius 2 is 1.83 bits per heavy atom. The van der Waals surface area contributed by atoms with Gasteiger partial charge in [-0.2, -0.15) is 5.10 Å². The van der Waals surface area contributed by atoms with Gasteiger partial charge < -0.3 is 5.32 Å². The Hall–Kier alpha value is -3.47. The van der Waals surface area contributed by atoms with Crippen molar-refractivity contribution in [3.05, 3.63) is 77.6 Å². The number of aromatic nitrogens is 3. The lowest BCUT2D eigenvalue weighted by atomic mass is 10.0. The maximum Gasteiger partial charge on any atom is 0.246 e. The second-order valence-corrected chi connectivity index (χ2v) is 7.99. The minimum absolute atomic E-state index is 0.112. The number of hydrogen-bond acceptors (Lipinski definition) is 3. The average Bonchev–Trinajstić information content (AvgIpc) is 3.04. The van der Waals surface area contributed by atoms with Gasteiger partial charge in [0, 0.05) is 17.3 Å². The molecule has 2 aromatic heterocycles. The van der Waals surface area contributed by atoms with E-state index in [1.54, 1.807) is 10.9 Å². The zero-order chi connectivity index (χ0) is 21.3. The quantitative estimate of drug-likeness (QED) is 0.484. The molecule has 0 fully saturated rings. The third-order valence-electron chi connectivity index (χ3n) is 5.29. The minimum Gasteiger partial charge on any atom is -0.324 e. The lowest BCUT2D eigenvalue weighted by Crippen LogP contribution is -2.19. The van der Waals surface area contributed by atoms with Crippen molar-refractivity contribution in [2.45, 2.75) is 40.2 Å². The van der Waals surface area contributed by atoms with Crippen molar-refractivity contribution in [3.63, 3.8) is 0 Å². The minimum atomic E-state index is -0.126. The summed E-state index contributed by atoms with van der Waals surface area (Å²) in [7, 11) is 0. The number of aryl methyl sites for hydroxylation is 2. The molecule has 4 rings (SSSR count). The molecule has 0 spiro atoms. The molecule has 0 radical (unpaired) electrons. The summed E-state index contributed by atoms with van der Waals surface area (Å²) < 4.78 is 1.68. The Morgan fingerprint density at radius 3 is 2.53 bits per heavy atom. The Balaban J connectivity index is 1.60. The van der Waals surface area contributed by atoms with E-state index in [-0.39, 0.29) is 12.5 Å². The number of pyridine rings is 1. The maximum atomic E-state index is 12.7. The Bertz CT molecular complexity index is 1210. The molecule has 152 valence electrons. The van der Waals surface area contributed by atoms with E-state index in [9.17, 15) is 4.79 Å². The molecule has 0 aliphatic rings. The fraction of sp³-hybridized carbons (Fsp3) is 0.240. The van der Waals surface area contributed by atoms with Gasteiger partial charge in [0.15, 0.2) is 5.65 Å². The fourth-order valence-corrected chi connectivity index (χ4v) is 3.73. The summed E-state index contributed by atoms with van der Waals surface area (Å²) >= 11 is 0. The smallest absolute Gasteiger partial charge is 0.246 e. The Kier molecular flexibility index (Phi) is 5.36. The predicted molar refractivity (Wildman–Crippen MR) is 122 cm³/mol. The van der Waals surface area contributed by atoms with Gasteiger partial charge in [0.25, 0.3) is 0 Å². The summed E-state index contributed by atoms with van der Waals surface area (Å²) in [4.78, 5) is 17.2. The number of amides is 1. The molecular formula is C25H26N4O. The molecule has 0 aliphatic carbocycles. The van der Waals surface area contributed by atoms with Crippen LogP contribution >= 0.6 is 0 Å². The lowest BCUT2D eigenvalue weighted by molar-refractivity contribution is -0.116. The highest BCUT2D eigenvalue weighted by Crippen LogP contribution is 2.30. The summed E-state index contributed by atoms with van der Waals surface area (Å²) in [6.45, 7) is 8.45. The monoisotopic (exact) mass is 398 g/mol. The van der Waals surface area contributed by atoms with Crippen molar-refractivity contribution in [2.24, 2.45) is 0 Å². The molecule has 4 aromatic rings. The standard InChI is InChI=1S/C25H26N4O/c1-16(2)19-8-10-21(11-9-19)27-23(30)15-29-25-24(18(4)28-29)22(12-13-26-25)20-7-5-6-17(3)14-20/h5-14,16H,15H2,1-4H3,(H,27,30). The predicted octanol–water partition coefficient (Wildman–Crippen LogP) is 5.48. The number of anilines is 1. The number of fused-ring (bicyclic) bond motifs is 1. The van der Waals surface area contributed by atoms with Crippen molar-refractivity contribution in [3.8, 4) is 11.1 Å². The number of nitrogens with zero attached hydrogens (tertiary/aromatic N) is 3. The largest absolute Gasteiger partial charge is 0.324 e. The maximum absolute atomic E-state index is 12.7. The van der Waals surface area contributed by atoms with Gasteiger partial charge in [0.1, 0.15) is 6.54 Å². The summed E-state index contributed by atoms with van der Waals surface area (Å²) in [5.74, 6) is 0.335. The molecule has 2 heterocycles. The van der Waals surface area contributed by atoms with Crippen LogP contribution < -0.4 is 5.32 Å². The topological polar surface area (TPSA) is 59.8 Å². The molecule has 0 bridgehead atoms. The zero-order valence-electron chi connectivity index (χ0n) is 17.8. The van der Waals surface area contributed by atoms with E-state index in [2.05, 4.69) is 60.4 Å². The number of benzene rings is 2. The van der Waals surface area contributed by atoms with E-state index in [1.165, 1.54) is 11.1 Å². The molecule has 1 N–H and O–H groups in total. The number of carbonyl (C=O) groups excluding carboxylic acids is 1. The van der Waals surface area contributed by atoms with Crippen LogP contribution in [0.5, 0.6) is 0 Å². The Morgan fingerprint density at radius 1 is 1.07 bits per heavy atom. The molecule has 5 nitrogen and oxygen atoms in total. The molecular weight excluding hydrogens is 372 g/mol. The van der Waals surface area contributed by atoms with Crippen molar-refractivity contribution >= 4 is 22.6 Å². The SMILES string of the molecule is Cc1cccc(-c2ccnc3c2c(C)nn3CC(=O)Nc2ccc(C(C)C)cc2)c1. The molecule has 1 amide bonds. The molecule has 0 saturated heterocycles. The van der Waals surface area contributed by atoms with Gasteiger partial charge >= 0.3 is 0 Å². The number of carbonyl (C=O) groups is 1. The van der Waals surface area contributed by atoms with Gasteiger partial charge in [0.05, 0.1) is 5.69 Å². The zero-order valence-corrected chi connectivity index (χ0v) is 17.8. The summed E-state index contributed by atoms with van der Waals surface area (Å²) in [6.07, 6.45) is 1.78. The van der Waals surface area contributed by atoms with Gasteiger partial charge in [0.2, 0.25) is 5.91 Å². The lowest BCUT2D eigenvalue weighted by Gasteiger charge is -2.09. The molecule has 0 unspecified atom stereocenters. The fourth-order valence-electron chi connectivity index (χ4n) is 3.73. The normalized spacial score (nSPS) is 11.2. The van der Waals surface area contributed by atoms with Crippen LogP contribution in [0.3, 0.4) is 0 Å². The van der Waals surface area contributed by atoms with E-state index in [1.807, 2.05) is 37.3 Å². The first-order chi connectivity index (χ1) is 14.4. The molecule has 0 saturated carbocycles. The highest BCUT2D eigenvalue weighted by molar-refractivity contribution is 5.96. The van der Waals surface area contributed by atoms with Crippen molar-refractivity contribution in [1.82, 2.24) is 14.8 Å². The van der Waals surface area contributed by atoms with Crippen LogP contribution in [0.1, 0.15) is 36.6 Å². The van der Waals surface area contributed by atoms with E-state index < -0.39 is 0 Å². The molecule has 30 heavy (non-hydrogen) atoms. The van der Waals surface area contributed by atoms with Gasteiger partial charge in [-0.15, -0.1) is 0 Å².